The summed E-state index contributed by atoms with van der Waals surface area (Å²) in [4.78, 5) is -0.00796. The van der Waals surface area contributed by atoms with Gasteiger partial charge in [0.05, 0.1) is 10.5 Å². The minimum absolute atomic E-state index is 0.00796. The molecule has 0 unspecified atom stereocenters. The van der Waals surface area contributed by atoms with Gasteiger partial charge in [-0.25, -0.2) is 13.1 Å². The lowest BCUT2D eigenvalue weighted by Crippen LogP contribution is -2.27. The van der Waals surface area contributed by atoms with E-state index in [4.69, 9.17) is 5.26 Å². The Labute approximate surface area is 132 Å². The van der Waals surface area contributed by atoms with Gasteiger partial charge >= 0.3 is 0 Å². The number of halogens is 1. The fourth-order valence-corrected chi connectivity index (χ4v) is 3.99. The number of nitrogens with zero attached hydrogens (tertiary/aromatic N) is 1. The van der Waals surface area contributed by atoms with Crippen LogP contribution in [0.3, 0.4) is 0 Å². The van der Waals surface area contributed by atoms with Crippen molar-refractivity contribution in [2.75, 3.05) is 0 Å². The van der Waals surface area contributed by atoms with Crippen molar-refractivity contribution in [3.8, 4) is 6.07 Å². The lowest BCUT2D eigenvalue weighted by atomic mass is 10.1. The van der Waals surface area contributed by atoms with E-state index in [0.29, 0.717) is 0 Å². The first-order valence-electron chi connectivity index (χ1n) is 6.21. The SMILES string of the molecule is C[C@H](NS(=O)(=O)c1ccccc1C#N)c1ccccc1Br. The van der Waals surface area contributed by atoms with E-state index in [0.717, 1.165) is 10.0 Å². The molecule has 0 aromatic heterocycles. The van der Waals surface area contributed by atoms with Crippen LogP contribution in [0.1, 0.15) is 24.1 Å². The molecule has 0 aliphatic rings. The van der Waals surface area contributed by atoms with Crippen LogP contribution in [0.15, 0.2) is 57.9 Å². The summed E-state index contributed by atoms with van der Waals surface area (Å²) in [5.74, 6) is 0. The molecule has 2 aromatic rings. The Morgan fingerprint density at radius 2 is 1.76 bits per heavy atom. The third kappa shape index (κ3) is 3.50. The average Bonchev–Trinajstić information content (AvgIpc) is 2.47. The molecule has 0 fully saturated rings. The van der Waals surface area contributed by atoms with E-state index in [-0.39, 0.29) is 10.5 Å². The summed E-state index contributed by atoms with van der Waals surface area (Å²) in [5.41, 5.74) is 0.958. The average molecular weight is 365 g/mol. The zero-order valence-corrected chi connectivity index (χ0v) is 13.6. The molecule has 0 heterocycles. The van der Waals surface area contributed by atoms with Crippen LogP contribution in [0.25, 0.3) is 0 Å². The van der Waals surface area contributed by atoms with Gasteiger partial charge in [-0.15, -0.1) is 0 Å². The van der Waals surface area contributed by atoms with Gasteiger partial charge in [-0.2, -0.15) is 5.26 Å². The molecule has 0 radical (unpaired) electrons. The van der Waals surface area contributed by atoms with E-state index in [2.05, 4.69) is 20.7 Å². The largest absolute Gasteiger partial charge is 0.242 e. The normalized spacial score (nSPS) is 12.6. The Morgan fingerprint density at radius 1 is 1.14 bits per heavy atom. The van der Waals surface area contributed by atoms with Crippen molar-refractivity contribution in [2.45, 2.75) is 17.9 Å². The molecule has 1 atom stereocenters. The second-order valence-corrected chi connectivity index (χ2v) is 7.01. The van der Waals surface area contributed by atoms with E-state index < -0.39 is 16.1 Å². The molecule has 4 nitrogen and oxygen atoms in total. The Balaban J connectivity index is 2.34. The number of nitrogens with one attached hydrogen (secondary N) is 1. The molecule has 108 valence electrons. The van der Waals surface area contributed by atoms with E-state index in [1.165, 1.54) is 12.1 Å². The summed E-state index contributed by atoms with van der Waals surface area (Å²) in [6.07, 6.45) is 0. The molecule has 6 heteroatoms. The lowest BCUT2D eigenvalue weighted by molar-refractivity contribution is 0.566. The van der Waals surface area contributed by atoms with Crippen LogP contribution in [0.2, 0.25) is 0 Å². The molecule has 0 spiro atoms. The van der Waals surface area contributed by atoms with Gasteiger partial charge in [-0.05, 0) is 30.7 Å². The summed E-state index contributed by atoms with van der Waals surface area (Å²) in [5, 5.41) is 9.03. The van der Waals surface area contributed by atoms with E-state index in [9.17, 15) is 8.42 Å². The van der Waals surface area contributed by atoms with Crippen molar-refractivity contribution < 1.29 is 8.42 Å². The fraction of sp³-hybridized carbons (Fsp3) is 0.133. The van der Waals surface area contributed by atoms with Crippen LogP contribution in [-0.4, -0.2) is 8.42 Å². The molecular weight excluding hydrogens is 352 g/mol. The highest BCUT2D eigenvalue weighted by molar-refractivity contribution is 9.10. The molecule has 0 aliphatic carbocycles. The number of benzene rings is 2. The minimum atomic E-state index is -3.76. The zero-order chi connectivity index (χ0) is 15.5. The van der Waals surface area contributed by atoms with Crippen molar-refractivity contribution in [2.24, 2.45) is 0 Å². The van der Waals surface area contributed by atoms with Crippen LogP contribution >= 0.6 is 15.9 Å². The van der Waals surface area contributed by atoms with E-state index >= 15 is 0 Å². The van der Waals surface area contributed by atoms with Crippen LogP contribution in [0.5, 0.6) is 0 Å². The second-order valence-electron chi connectivity index (χ2n) is 4.47. The van der Waals surface area contributed by atoms with E-state index in [1.54, 1.807) is 19.1 Å². The van der Waals surface area contributed by atoms with Crippen molar-refractivity contribution in [1.82, 2.24) is 4.72 Å². The maximum Gasteiger partial charge on any atom is 0.242 e. The van der Waals surface area contributed by atoms with Crippen molar-refractivity contribution in [3.05, 3.63) is 64.1 Å². The molecule has 0 amide bonds. The van der Waals surface area contributed by atoms with Crippen molar-refractivity contribution in [3.63, 3.8) is 0 Å². The number of sulfonamides is 1. The van der Waals surface area contributed by atoms with Crippen molar-refractivity contribution >= 4 is 26.0 Å². The Kier molecular flexibility index (Phi) is 4.78. The van der Waals surface area contributed by atoms with Gasteiger partial charge in [0.15, 0.2) is 0 Å². The molecule has 0 bridgehead atoms. The quantitative estimate of drug-likeness (QED) is 0.903. The molecule has 1 N–H and O–H groups in total. The first-order valence-corrected chi connectivity index (χ1v) is 8.49. The van der Waals surface area contributed by atoms with Gasteiger partial charge in [0.25, 0.3) is 0 Å². The van der Waals surface area contributed by atoms with Crippen molar-refractivity contribution in [1.29, 1.82) is 5.26 Å². The summed E-state index contributed by atoms with van der Waals surface area (Å²) in [6.45, 7) is 1.76. The predicted octanol–water partition coefficient (Wildman–Crippen LogP) is 3.36. The second kappa shape index (κ2) is 6.39. The maximum absolute atomic E-state index is 12.4. The summed E-state index contributed by atoms with van der Waals surface area (Å²) >= 11 is 3.40. The molecule has 2 aromatic carbocycles. The predicted molar refractivity (Wildman–Crippen MR) is 84.0 cm³/mol. The van der Waals surface area contributed by atoms with Gasteiger partial charge < -0.3 is 0 Å². The highest BCUT2D eigenvalue weighted by Crippen LogP contribution is 2.25. The number of rotatable bonds is 4. The fourth-order valence-electron chi connectivity index (χ4n) is 1.98. The molecule has 2 rings (SSSR count). The first-order chi connectivity index (χ1) is 9.95. The zero-order valence-electron chi connectivity index (χ0n) is 11.2. The highest BCUT2D eigenvalue weighted by Gasteiger charge is 2.22. The van der Waals surface area contributed by atoms with E-state index in [1.807, 2.05) is 30.3 Å². The van der Waals surface area contributed by atoms with Crippen LogP contribution in [0, 0.1) is 11.3 Å². The number of hydrogen-bond acceptors (Lipinski definition) is 3. The highest BCUT2D eigenvalue weighted by atomic mass is 79.9. The standard InChI is InChI=1S/C15H13BrN2O2S/c1-11(13-7-3-4-8-14(13)16)18-21(19,20)15-9-5-2-6-12(15)10-17/h2-9,11,18H,1H3/t11-/m0/s1. The smallest absolute Gasteiger partial charge is 0.207 e. The maximum atomic E-state index is 12.4. The summed E-state index contributed by atoms with van der Waals surface area (Å²) in [6, 6.07) is 15.0. The molecule has 0 saturated carbocycles. The summed E-state index contributed by atoms with van der Waals surface area (Å²) < 4.78 is 28.3. The monoisotopic (exact) mass is 364 g/mol. The first kappa shape index (κ1) is 15.7. The Hall–Kier alpha value is -1.68. The topological polar surface area (TPSA) is 70.0 Å². The van der Waals surface area contributed by atoms with Crippen LogP contribution < -0.4 is 4.72 Å². The molecule has 0 saturated heterocycles. The Morgan fingerprint density at radius 3 is 2.43 bits per heavy atom. The van der Waals surface area contributed by atoms with Gasteiger partial charge in [-0.3, -0.25) is 0 Å². The van der Waals surface area contributed by atoms with Gasteiger partial charge in [0.1, 0.15) is 6.07 Å². The third-order valence-corrected chi connectivity index (χ3v) is 5.32. The Bertz CT molecular complexity index is 797. The van der Waals surface area contributed by atoms with Gasteiger partial charge in [0.2, 0.25) is 10.0 Å². The van der Waals surface area contributed by atoms with Gasteiger partial charge in [-0.1, -0.05) is 46.3 Å². The number of hydrogen-bond donors (Lipinski definition) is 1. The lowest BCUT2D eigenvalue weighted by Gasteiger charge is -2.16. The molecule has 0 aliphatic heterocycles. The number of nitriles is 1. The molecular formula is C15H13BrN2O2S. The minimum Gasteiger partial charge on any atom is -0.207 e. The van der Waals surface area contributed by atoms with Crippen LogP contribution in [-0.2, 0) is 10.0 Å². The summed E-state index contributed by atoms with van der Waals surface area (Å²) in [7, 11) is -3.76. The van der Waals surface area contributed by atoms with Crippen LogP contribution in [0.4, 0.5) is 0 Å². The third-order valence-electron chi connectivity index (χ3n) is 3.00. The van der Waals surface area contributed by atoms with Gasteiger partial charge in [0, 0.05) is 10.5 Å². The molecule has 21 heavy (non-hydrogen) atoms.